The lowest BCUT2D eigenvalue weighted by Crippen LogP contribution is -2.29. The van der Waals surface area contributed by atoms with E-state index in [1.807, 2.05) is 24.3 Å². The zero-order valence-electron chi connectivity index (χ0n) is 13.1. The van der Waals surface area contributed by atoms with Crippen LogP contribution in [0.5, 0.6) is 0 Å². The molecule has 2 heterocycles. The zero-order chi connectivity index (χ0) is 16.7. The van der Waals surface area contributed by atoms with E-state index in [-0.39, 0.29) is 5.91 Å². The second-order valence-corrected chi connectivity index (χ2v) is 7.50. The summed E-state index contributed by atoms with van der Waals surface area (Å²) in [6.07, 6.45) is 0. The van der Waals surface area contributed by atoms with Crippen molar-refractivity contribution in [2.45, 2.75) is 13.8 Å². The molecule has 2 aromatic heterocycles. The summed E-state index contributed by atoms with van der Waals surface area (Å²) in [5.74, 6) is -0.261. The molecular formula is C17H14N4OS2. The maximum absolute atomic E-state index is 12.3. The van der Waals surface area contributed by atoms with Crippen LogP contribution in [0.25, 0.3) is 20.4 Å². The van der Waals surface area contributed by atoms with Gasteiger partial charge in [0.2, 0.25) is 5.13 Å². The second-order valence-electron chi connectivity index (χ2n) is 5.44. The number of hydrazine groups is 1. The van der Waals surface area contributed by atoms with E-state index in [1.54, 1.807) is 0 Å². The molecule has 0 aliphatic heterocycles. The van der Waals surface area contributed by atoms with E-state index >= 15 is 0 Å². The number of amides is 1. The summed E-state index contributed by atoms with van der Waals surface area (Å²) < 4.78 is 2.09. The molecule has 1 amide bonds. The predicted octanol–water partition coefficient (Wildman–Crippen LogP) is 4.28. The topological polar surface area (TPSA) is 66.9 Å². The summed E-state index contributed by atoms with van der Waals surface area (Å²) in [4.78, 5) is 21.2. The quantitative estimate of drug-likeness (QED) is 0.539. The lowest BCUT2D eigenvalue weighted by atomic mass is 10.1. The number of aryl methyl sites for hydroxylation is 2. The Kier molecular flexibility index (Phi) is 3.66. The molecule has 2 N–H and O–H groups in total. The van der Waals surface area contributed by atoms with Crippen LogP contribution in [0, 0.1) is 13.8 Å². The van der Waals surface area contributed by atoms with E-state index < -0.39 is 0 Å². The Hall–Kier alpha value is -2.51. The van der Waals surface area contributed by atoms with Gasteiger partial charge in [-0.25, -0.2) is 9.97 Å². The van der Waals surface area contributed by atoms with E-state index in [1.165, 1.54) is 28.2 Å². The number of anilines is 1. The van der Waals surface area contributed by atoms with Crippen molar-refractivity contribution in [2.24, 2.45) is 0 Å². The molecule has 0 bridgehead atoms. The Morgan fingerprint density at radius 3 is 2.67 bits per heavy atom. The summed E-state index contributed by atoms with van der Waals surface area (Å²) in [7, 11) is 0. The van der Waals surface area contributed by atoms with Gasteiger partial charge in [-0.3, -0.25) is 15.6 Å². The molecule has 0 fully saturated rings. The van der Waals surface area contributed by atoms with Crippen molar-refractivity contribution in [1.82, 2.24) is 15.4 Å². The number of rotatable bonds is 3. The molecule has 0 spiro atoms. The average Bonchev–Trinajstić information content (AvgIpc) is 3.20. The van der Waals surface area contributed by atoms with Gasteiger partial charge in [-0.15, -0.1) is 11.3 Å². The fraction of sp³-hybridized carbons (Fsp3) is 0.118. The minimum Gasteiger partial charge on any atom is -0.273 e. The number of aromatic nitrogens is 2. The third kappa shape index (κ3) is 2.61. The van der Waals surface area contributed by atoms with Crippen molar-refractivity contribution >= 4 is 54.1 Å². The highest BCUT2D eigenvalue weighted by Crippen LogP contribution is 2.29. The molecule has 0 unspecified atom stereocenters. The van der Waals surface area contributed by atoms with Gasteiger partial charge >= 0.3 is 0 Å². The lowest BCUT2D eigenvalue weighted by molar-refractivity contribution is 0.0962. The number of hydrogen-bond acceptors (Lipinski definition) is 6. The molecule has 0 saturated heterocycles. The first-order valence-corrected chi connectivity index (χ1v) is 9.04. The summed E-state index contributed by atoms with van der Waals surface area (Å²) in [6.45, 7) is 4.12. The highest BCUT2D eigenvalue weighted by atomic mass is 32.1. The van der Waals surface area contributed by atoms with E-state index in [9.17, 15) is 4.79 Å². The summed E-state index contributed by atoms with van der Waals surface area (Å²) in [5.41, 5.74) is 9.75. The van der Waals surface area contributed by atoms with Gasteiger partial charge in [0.15, 0.2) is 5.01 Å². The number of nitrogens with zero attached hydrogens (tertiary/aromatic N) is 2. The van der Waals surface area contributed by atoms with Gasteiger partial charge in [0.1, 0.15) is 0 Å². The van der Waals surface area contributed by atoms with Gasteiger partial charge in [0.05, 0.1) is 20.4 Å². The first-order chi connectivity index (χ1) is 11.6. The monoisotopic (exact) mass is 354 g/mol. The molecule has 4 aromatic rings. The molecule has 5 nitrogen and oxygen atoms in total. The highest BCUT2D eigenvalue weighted by Gasteiger charge is 2.13. The smallest absolute Gasteiger partial charge is 0.273 e. The van der Waals surface area contributed by atoms with E-state index in [2.05, 4.69) is 46.8 Å². The molecular weight excluding hydrogens is 340 g/mol. The van der Waals surface area contributed by atoms with Crippen LogP contribution in [-0.2, 0) is 0 Å². The standard InChI is InChI=1S/C17H14N4OS2/c1-9-7-8-13-14(10(9)2)19-17(24-13)21-20-15(22)16-18-11-5-3-4-6-12(11)23-16/h3-8H,1-2H3,(H,19,21)(H,20,22). The first kappa shape index (κ1) is 15.0. The van der Waals surface area contributed by atoms with E-state index in [4.69, 9.17) is 0 Å². The molecule has 0 radical (unpaired) electrons. The van der Waals surface area contributed by atoms with Crippen LogP contribution in [0.4, 0.5) is 5.13 Å². The van der Waals surface area contributed by atoms with E-state index in [0.29, 0.717) is 10.1 Å². The van der Waals surface area contributed by atoms with Gasteiger partial charge in [-0.1, -0.05) is 29.5 Å². The van der Waals surface area contributed by atoms with Crippen molar-refractivity contribution in [1.29, 1.82) is 0 Å². The molecule has 7 heteroatoms. The summed E-state index contributed by atoms with van der Waals surface area (Å²) in [6, 6.07) is 11.8. The minimum absolute atomic E-state index is 0.261. The number of carbonyl (C=O) groups is 1. The van der Waals surface area contributed by atoms with Crippen molar-refractivity contribution in [3.8, 4) is 0 Å². The van der Waals surface area contributed by atoms with Crippen LogP contribution in [0.15, 0.2) is 36.4 Å². The molecule has 0 aliphatic rings. The van der Waals surface area contributed by atoms with Gasteiger partial charge in [-0.2, -0.15) is 0 Å². The predicted molar refractivity (Wildman–Crippen MR) is 99.8 cm³/mol. The number of thiazole rings is 2. The van der Waals surface area contributed by atoms with Crippen LogP contribution < -0.4 is 10.9 Å². The maximum Gasteiger partial charge on any atom is 0.298 e. The molecule has 2 aromatic carbocycles. The summed E-state index contributed by atoms with van der Waals surface area (Å²) >= 11 is 2.88. The first-order valence-electron chi connectivity index (χ1n) is 7.40. The van der Waals surface area contributed by atoms with Crippen LogP contribution >= 0.6 is 22.7 Å². The average molecular weight is 354 g/mol. The summed E-state index contributed by atoms with van der Waals surface area (Å²) in [5, 5.41) is 1.09. The Balaban J connectivity index is 1.54. The minimum atomic E-state index is -0.261. The van der Waals surface area contributed by atoms with Crippen molar-refractivity contribution in [2.75, 3.05) is 5.43 Å². The Bertz CT molecular complexity index is 1030. The molecule has 0 atom stereocenters. The van der Waals surface area contributed by atoms with Crippen LogP contribution in [0.3, 0.4) is 0 Å². The van der Waals surface area contributed by atoms with Crippen LogP contribution in [-0.4, -0.2) is 15.9 Å². The Morgan fingerprint density at radius 2 is 1.83 bits per heavy atom. The molecule has 4 rings (SSSR count). The van der Waals surface area contributed by atoms with Crippen molar-refractivity contribution in [3.63, 3.8) is 0 Å². The number of hydrogen-bond donors (Lipinski definition) is 2. The maximum atomic E-state index is 12.3. The third-order valence-electron chi connectivity index (χ3n) is 3.86. The molecule has 24 heavy (non-hydrogen) atoms. The second kappa shape index (κ2) is 5.85. The largest absolute Gasteiger partial charge is 0.298 e. The molecule has 120 valence electrons. The number of para-hydroxylation sites is 1. The van der Waals surface area contributed by atoms with Gasteiger partial charge in [-0.05, 0) is 43.2 Å². The third-order valence-corrected chi connectivity index (χ3v) is 5.83. The fourth-order valence-corrected chi connectivity index (χ4v) is 4.15. The van der Waals surface area contributed by atoms with Gasteiger partial charge in [0, 0.05) is 0 Å². The molecule has 0 saturated carbocycles. The van der Waals surface area contributed by atoms with Gasteiger partial charge in [0.25, 0.3) is 5.91 Å². The van der Waals surface area contributed by atoms with Crippen LogP contribution in [0.2, 0.25) is 0 Å². The van der Waals surface area contributed by atoms with Crippen molar-refractivity contribution in [3.05, 3.63) is 52.5 Å². The van der Waals surface area contributed by atoms with E-state index in [0.717, 1.165) is 26.0 Å². The number of benzene rings is 2. The zero-order valence-corrected chi connectivity index (χ0v) is 14.7. The number of nitrogens with one attached hydrogen (secondary N) is 2. The number of fused-ring (bicyclic) bond motifs is 2. The van der Waals surface area contributed by atoms with Crippen molar-refractivity contribution < 1.29 is 4.79 Å². The Morgan fingerprint density at radius 1 is 1.00 bits per heavy atom. The number of carbonyl (C=O) groups excluding carboxylic acids is 1. The van der Waals surface area contributed by atoms with Gasteiger partial charge < -0.3 is 0 Å². The van der Waals surface area contributed by atoms with Crippen LogP contribution in [0.1, 0.15) is 20.9 Å². The highest BCUT2D eigenvalue weighted by molar-refractivity contribution is 7.22. The Labute approximate surface area is 146 Å². The molecule has 0 aliphatic carbocycles. The SMILES string of the molecule is Cc1ccc2sc(NNC(=O)c3nc4ccccc4s3)nc2c1C. The fourth-order valence-electron chi connectivity index (χ4n) is 2.41. The lowest BCUT2D eigenvalue weighted by Gasteiger charge is -2.02. The normalized spacial score (nSPS) is 11.1.